The molecule has 1 saturated heterocycles. The zero-order valence-corrected chi connectivity index (χ0v) is 14.1. The minimum Gasteiger partial charge on any atom is -0.438 e. The molecule has 0 aliphatic carbocycles. The van der Waals surface area contributed by atoms with Gasteiger partial charge in [-0.2, -0.15) is 0 Å². The van der Waals surface area contributed by atoms with Crippen LogP contribution in [0.15, 0.2) is 52.9 Å². The van der Waals surface area contributed by atoms with Crippen LogP contribution in [0.5, 0.6) is 0 Å². The highest BCUT2D eigenvalue weighted by atomic mass is 16.5. The fourth-order valence-electron chi connectivity index (χ4n) is 3.44. The van der Waals surface area contributed by atoms with Gasteiger partial charge in [0.25, 0.3) is 0 Å². The van der Waals surface area contributed by atoms with Gasteiger partial charge in [0.15, 0.2) is 5.58 Å². The molecule has 1 aliphatic heterocycles. The molecule has 1 amide bonds. The molecule has 0 bridgehead atoms. The minimum atomic E-state index is 0.195. The van der Waals surface area contributed by atoms with Gasteiger partial charge in [-0.3, -0.25) is 4.79 Å². The first kappa shape index (κ1) is 15.8. The van der Waals surface area contributed by atoms with Crippen molar-refractivity contribution in [2.24, 2.45) is 5.92 Å². The summed E-state index contributed by atoms with van der Waals surface area (Å²) in [4.78, 5) is 18.7. The molecule has 1 fully saturated rings. The van der Waals surface area contributed by atoms with Crippen molar-refractivity contribution in [2.75, 3.05) is 18.6 Å². The topological polar surface area (TPSA) is 55.6 Å². The fourth-order valence-corrected chi connectivity index (χ4v) is 3.44. The van der Waals surface area contributed by atoms with Crippen molar-refractivity contribution in [3.63, 3.8) is 0 Å². The van der Waals surface area contributed by atoms with Crippen LogP contribution in [0.4, 0.5) is 5.69 Å². The number of fused-ring (bicyclic) bond motifs is 1. The summed E-state index contributed by atoms with van der Waals surface area (Å²) in [7, 11) is 1.62. The second-order valence-electron chi connectivity index (χ2n) is 6.46. The van der Waals surface area contributed by atoms with E-state index in [0.29, 0.717) is 24.8 Å². The quantitative estimate of drug-likeness (QED) is 0.715. The van der Waals surface area contributed by atoms with E-state index in [1.54, 1.807) is 7.11 Å². The lowest BCUT2D eigenvalue weighted by molar-refractivity contribution is -0.117. The van der Waals surface area contributed by atoms with Gasteiger partial charge >= 0.3 is 0 Å². The molecule has 1 atom stereocenters. The Kier molecular flexibility index (Phi) is 4.24. The van der Waals surface area contributed by atoms with Crippen molar-refractivity contribution in [3.05, 3.63) is 60.0 Å². The van der Waals surface area contributed by atoms with Crippen LogP contribution in [0.1, 0.15) is 17.9 Å². The van der Waals surface area contributed by atoms with E-state index in [1.165, 1.54) is 5.56 Å². The summed E-state index contributed by atoms with van der Waals surface area (Å²) >= 11 is 0. The Bertz CT molecular complexity index is 888. The van der Waals surface area contributed by atoms with E-state index in [2.05, 4.69) is 11.1 Å². The molecule has 2 heterocycles. The number of para-hydroxylation sites is 1. The summed E-state index contributed by atoms with van der Waals surface area (Å²) in [5, 5.41) is 0. The first-order valence-corrected chi connectivity index (χ1v) is 8.45. The van der Waals surface area contributed by atoms with E-state index < -0.39 is 0 Å². The van der Waals surface area contributed by atoms with Crippen molar-refractivity contribution in [2.45, 2.75) is 19.4 Å². The molecule has 0 spiro atoms. The SMILES string of the molecule is COCc1nc2cc(C[C@H]3CC(=O)N(c4ccccc4)C3)ccc2o1. The van der Waals surface area contributed by atoms with Crippen molar-refractivity contribution in [3.8, 4) is 0 Å². The molecule has 0 saturated carbocycles. The zero-order valence-electron chi connectivity index (χ0n) is 14.1. The Morgan fingerprint density at radius 2 is 2.08 bits per heavy atom. The number of carbonyl (C=O) groups is 1. The molecule has 1 aliphatic rings. The number of carbonyl (C=O) groups excluding carboxylic acids is 1. The Morgan fingerprint density at radius 3 is 2.88 bits per heavy atom. The number of nitrogens with zero attached hydrogens (tertiary/aromatic N) is 2. The highest BCUT2D eigenvalue weighted by Crippen LogP contribution is 2.28. The second kappa shape index (κ2) is 6.69. The Morgan fingerprint density at radius 1 is 1.24 bits per heavy atom. The predicted molar refractivity (Wildman–Crippen MR) is 95.3 cm³/mol. The van der Waals surface area contributed by atoms with Crippen LogP contribution in [0.3, 0.4) is 0 Å². The lowest BCUT2D eigenvalue weighted by atomic mass is 9.98. The van der Waals surface area contributed by atoms with E-state index in [4.69, 9.17) is 9.15 Å². The maximum absolute atomic E-state index is 12.3. The number of methoxy groups -OCH3 is 1. The van der Waals surface area contributed by atoms with Gasteiger partial charge in [-0.05, 0) is 42.2 Å². The number of aromatic nitrogens is 1. The van der Waals surface area contributed by atoms with Crippen LogP contribution < -0.4 is 4.90 Å². The summed E-state index contributed by atoms with van der Waals surface area (Å²) in [6, 6.07) is 15.9. The molecule has 5 heteroatoms. The first-order chi connectivity index (χ1) is 12.2. The first-order valence-electron chi connectivity index (χ1n) is 8.45. The molecule has 25 heavy (non-hydrogen) atoms. The molecule has 2 aromatic carbocycles. The third-order valence-electron chi connectivity index (χ3n) is 4.56. The van der Waals surface area contributed by atoms with Crippen molar-refractivity contribution < 1.29 is 13.9 Å². The normalized spacial score (nSPS) is 17.6. The highest BCUT2D eigenvalue weighted by molar-refractivity contribution is 5.95. The Labute approximate surface area is 146 Å². The number of rotatable bonds is 5. The summed E-state index contributed by atoms with van der Waals surface area (Å²) in [6.07, 6.45) is 1.44. The number of anilines is 1. The summed E-state index contributed by atoms with van der Waals surface area (Å²) in [5.74, 6) is 1.09. The molecular formula is C20H20N2O3. The van der Waals surface area contributed by atoms with Crippen LogP contribution in [0.25, 0.3) is 11.1 Å². The van der Waals surface area contributed by atoms with E-state index in [0.717, 1.165) is 29.8 Å². The standard InChI is InChI=1S/C20H20N2O3/c1-24-13-19-21-17-10-14(7-8-18(17)25-19)9-15-11-20(23)22(12-15)16-5-3-2-4-6-16/h2-8,10,15H,9,11-13H2,1H3/t15-/m0/s1. The lowest BCUT2D eigenvalue weighted by Crippen LogP contribution is -2.24. The van der Waals surface area contributed by atoms with Crippen LogP contribution >= 0.6 is 0 Å². The third kappa shape index (κ3) is 3.28. The number of benzene rings is 2. The summed E-state index contributed by atoms with van der Waals surface area (Å²) in [5.41, 5.74) is 3.77. The Balaban J connectivity index is 1.49. The number of hydrogen-bond donors (Lipinski definition) is 0. The van der Waals surface area contributed by atoms with E-state index in [9.17, 15) is 4.79 Å². The molecular weight excluding hydrogens is 316 g/mol. The van der Waals surface area contributed by atoms with E-state index >= 15 is 0 Å². The number of hydrogen-bond acceptors (Lipinski definition) is 4. The van der Waals surface area contributed by atoms with Gasteiger partial charge < -0.3 is 14.1 Å². The smallest absolute Gasteiger partial charge is 0.227 e. The maximum Gasteiger partial charge on any atom is 0.227 e. The predicted octanol–water partition coefficient (Wildman–Crippen LogP) is 3.57. The van der Waals surface area contributed by atoms with Crippen molar-refractivity contribution in [1.82, 2.24) is 4.98 Å². The molecule has 3 aromatic rings. The largest absolute Gasteiger partial charge is 0.438 e. The van der Waals surface area contributed by atoms with Crippen molar-refractivity contribution in [1.29, 1.82) is 0 Å². The van der Waals surface area contributed by atoms with Crippen LogP contribution in [0.2, 0.25) is 0 Å². The zero-order chi connectivity index (χ0) is 17.2. The molecule has 1 aromatic heterocycles. The lowest BCUT2D eigenvalue weighted by Gasteiger charge is -2.16. The van der Waals surface area contributed by atoms with Gasteiger partial charge in [0.1, 0.15) is 12.1 Å². The number of amides is 1. The molecule has 5 nitrogen and oxygen atoms in total. The minimum absolute atomic E-state index is 0.195. The van der Waals surface area contributed by atoms with Gasteiger partial charge in [0, 0.05) is 25.8 Å². The summed E-state index contributed by atoms with van der Waals surface area (Å²) in [6.45, 7) is 1.13. The second-order valence-corrected chi connectivity index (χ2v) is 6.46. The van der Waals surface area contributed by atoms with Crippen LogP contribution in [-0.4, -0.2) is 24.5 Å². The summed E-state index contributed by atoms with van der Waals surface area (Å²) < 4.78 is 10.7. The van der Waals surface area contributed by atoms with Gasteiger partial charge in [-0.25, -0.2) is 4.98 Å². The monoisotopic (exact) mass is 336 g/mol. The average Bonchev–Trinajstić information content (AvgIpc) is 3.18. The third-order valence-corrected chi connectivity index (χ3v) is 4.56. The van der Waals surface area contributed by atoms with Gasteiger partial charge in [-0.1, -0.05) is 24.3 Å². The van der Waals surface area contributed by atoms with E-state index in [-0.39, 0.29) is 5.91 Å². The van der Waals surface area contributed by atoms with Gasteiger partial charge in [-0.15, -0.1) is 0 Å². The fraction of sp³-hybridized carbons (Fsp3) is 0.300. The molecule has 128 valence electrons. The Hall–Kier alpha value is -2.66. The molecule has 0 N–H and O–H groups in total. The van der Waals surface area contributed by atoms with Crippen LogP contribution in [0, 0.1) is 5.92 Å². The van der Waals surface area contributed by atoms with Crippen LogP contribution in [-0.2, 0) is 22.6 Å². The van der Waals surface area contributed by atoms with Crippen molar-refractivity contribution >= 4 is 22.7 Å². The number of ether oxygens (including phenoxy) is 1. The highest BCUT2D eigenvalue weighted by Gasteiger charge is 2.30. The van der Waals surface area contributed by atoms with E-state index in [1.807, 2.05) is 47.4 Å². The average molecular weight is 336 g/mol. The molecule has 0 radical (unpaired) electrons. The van der Waals surface area contributed by atoms with Gasteiger partial charge in [0.2, 0.25) is 11.8 Å². The maximum atomic E-state index is 12.3. The van der Waals surface area contributed by atoms with Gasteiger partial charge in [0.05, 0.1) is 0 Å². The molecule has 0 unspecified atom stereocenters. The molecule has 4 rings (SSSR count). The number of oxazole rings is 1.